The van der Waals surface area contributed by atoms with E-state index in [0.717, 1.165) is 48.1 Å². The third-order valence-electron chi connectivity index (χ3n) is 3.78. The van der Waals surface area contributed by atoms with Crippen molar-refractivity contribution in [3.8, 4) is 0 Å². The van der Waals surface area contributed by atoms with Gasteiger partial charge in [0.2, 0.25) is 5.13 Å². The zero-order valence-corrected chi connectivity index (χ0v) is 13.1. The Balaban J connectivity index is 1.70. The summed E-state index contributed by atoms with van der Waals surface area (Å²) in [5.74, 6) is 0.636. The van der Waals surface area contributed by atoms with Gasteiger partial charge < -0.3 is 10.2 Å². The maximum atomic E-state index is 13.2. The number of benzene rings is 1. The highest BCUT2D eigenvalue weighted by Crippen LogP contribution is 2.26. The summed E-state index contributed by atoms with van der Waals surface area (Å²) >= 11 is 1.41. The molecule has 0 radical (unpaired) electrons. The highest BCUT2D eigenvalue weighted by molar-refractivity contribution is 7.09. The second-order valence-electron chi connectivity index (χ2n) is 5.51. The van der Waals surface area contributed by atoms with E-state index >= 15 is 0 Å². The topological polar surface area (TPSA) is 41.1 Å². The normalized spacial score (nSPS) is 18.8. The summed E-state index contributed by atoms with van der Waals surface area (Å²) in [6.07, 6.45) is 2.24. The molecule has 1 aliphatic rings. The first-order valence-corrected chi connectivity index (χ1v) is 7.97. The second kappa shape index (κ2) is 5.97. The molecular formula is C15H19FN4S. The zero-order chi connectivity index (χ0) is 14.8. The van der Waals surface area contributed by atoms with Crippen LogP contribution in [0.3, 0.4) is 0 Å². The van der Waals surface area contributed by atoms with Gasteiger partial charge in [-0.05, 0) is 50.5 Å². The molecular weight excluding hydrogens is 287 g/mol. The van der Waals surface area contributed by atoms with Gasteiger partial charge in [-0.2, -0.15) is 4.37 Å². The van der Waals surface area contributed by atoms with Crippen LogP contribution in [-0.2, 0) is 0 Å². The quantitative estimate of drug-likeness (QED) is 0.944. The smallest absolute Gasteiger partial charge is 0.202 e. The minimum absolute atomic E-state index is 0.174. The number of nitrogens with one attached hydrogen (secondary N) is 1. The molecule has 1 aliphatic heterocycles. The average Bonchev–Trinajstić information content (AvgIpc) is 2.84. The predicted octanol–water partition coefficient (Wildman–Crippen LogP) is 3.37. The van der Waals surface area contributed by atoms with Gasteiger partial charge in [-0.1, -0.05) is 0 Å². The van der Waals surface area contributed by atoms with Crippen molar-refractivity contribution in [3.63, 3.8) is 0 Å². The molecule has 0 saturated carbocycles. The van der Waals surface area contributed by atoms with Crippen LogP contribution in [0.15, 0.2) is 18.2 Å². The molecule has 0 spiro atoms. The van der Waals surface area contributed by atoms with E-state index in [4.69, 9.17) is 0 Å². The van der Waals surface area contributed by atoms with Crippen molar-refractivity contribution in [1.29, 1.82) is 0 Å². The van der Waals surface area contributed by atoms with E-state index in [9.17, 15) is 4.39 Å². The molecule has 3 rings (SSSR count). The number of hydrogen-bond donors (Lipinski definition) is 1. The van der Waals surface area contributed by atoms with Crippen LogP contribution in [0.5, 0.6) is 0 Å². The number of piperidine rings is 1. The van der Waals surface area contributed by atoms with Crippen LogP contribution in [0.2, 0.25) is 0 Å². The molecule has 1 fully saturated rings. The molecule has 1 aromatic heterocycles. The largest absolute Gasteiger partial charge is 0.369 e. The SMILES string of the molecule is Cc1nsc(NC2CCCN(c3ccc(F)cc3C)C2)n1. The Morgan fingerprint density at radius 2 is 2.24 bits per heavy atom. The third kappa shape index (κ3) is 3.32. The van der Waals surface area contributed by atoms with Crippen molar-refractivity contribution in [2.24, 2.45) is 0 Å². The van der Waals surface area contributed by atoms with Crippen molar-refractivity contribution in [2.75, 3.05) is 23.3 Å². The van der Waals surface area contributed by atoms with E-state index in [-0.39, 0.29) is 5.82 Å². The van der Waals surface area contributed by atoms with Gasteiger partial charge in [-0.25, -0.2) is 9.37 Å². The maximum Gasteiger partial charge on any atom is 0.202 e. The van der Waals surface area contributed by atoms with Crippen LogP contribution in [0, 0.1) is 19.7 Å². The number of halogens is 1. The fourth-order valence-corrected chi connectivity index (χ4v) is 3.47. The zero-order valence-electron chi connectivity index (χ0n) is 12.3. The van der Waals surface area contributed by atoms with Gasteiger partial charge in [0.05, 0.1) is 0 Å². The van der Waals surface area contributed by atoms with E-state index in [1.165, 1.54) is 17.6 Å². The van der Waals surface area contributed by atoms with Crippen molar-refractivity contribution >= 4 is 22.4 Å². The summed E-state index contributed by atoms with van der Waals surface area (Å²) in [5.41, 5.74) is 2.11. The number of aryl methyl sites for hydroxylation is 2. The molecule has 0 bridgehead atoms. The highest BCUT2D eigenvalue weighted by Gasteiger charge is 2.22. The first-order valence-electron chi connectivity index (χ1n) is 7.20. The van der Waals surface area contributed by atoms with Gasteiger partial charge >= 0.3 is 0 Å². The predicted molar refractivity (Wildman–Crippen MR) is 84.6 cm³/mol. The summed E-state index contributed by atoms with van der Waals surface area (Å²) in [4.78, 5) is 6.68. The Labute approximate surface area is 128 Å². The molecule has 1 saturated heterocycles. The van der Waals surface area contributed by atoms with Crippen LogP contribution in [0.25, 0.3) is 0 Å². The maximum absolute atomic E-state index is 13.2. The Hall–Kier alpha value is -1.69. The first-order chi connectivity index (χ1) is 10.1. The summed E-state index contributed by atoms with van der Waals surface area (Å²) in [5, 5.41) is 4.35. The number of hydrogen-bond acceptors (Lipinski definition) is 5. The Bertz CT molecular complexity index is 628. The number of nitrogens with zero attached hydrogens (tertiary/aromatic N) is 3. The van der Waals surface area contributed by atoms with Crippen molar-refractivity contribution in [1.82, 2.24) is 9.36 Å². The Morgan fingerprint density at radius 3 is 2.95 bits per heavy atom. The van der Waals surface area contributed by atoms with Crippen molar-refractivity contribution in [3.05, 3.63) is 35.4 Å². The molecule has 2 heterocycles. The summed E-state index contributed by atoms with van der Waals surface area (Å²) < 4.78 is 17.4. The number of aromatic nitrogens is 2. The molecule has 4 nitrogen and oxygen atoms in total. The molecule has 112 valence electrons. The lowest BCUT2D eigenvalue weighted by Gasteiger charge is -2.35. The molecule has 0 amide bonds. The fourth-order valence-electron chi connectivity index (χ4n) is 2.82. The van der Waals surface area contributed by atoms with Gasteiger partial charge in [-0.15, -0.1) is 0 Å². The summed E-state index contributed by atoms with van der Waals surface area (Å²) in [7, 11) is 0. The van der Waals surface area contributed by atoms with Crippen LogP contribution < -0.4 is 10.2 Å². The lowest BCUT2D eigenvalue weighted by atomic mass is 10.0. The van der Waals surface area contributed by atoms with Crippen LogP contribution in [0.4, 0.5) is 15.2 Å². The van der Waals surface area contributed by atoms with E-state index in [1.54, 1.807) is 6.07 Å². The number of rotatable bonds is 3. The molecule has 1 unspecified atom stereocenters. The highest BCUT2D eigenvalue weighted by atomic mass is 32.1. The van der Waals surface area contributed by atoms with Gasteiger partial charge in [0.1, 0.15) is 11.6 Å². The van der Waals surface area contributed by atoms with Gasteiger partial charge in [0.25, 0.3) is 0 Å². The molecule has 2 aromatic rings. The molecule has 1 aromatic carbocycles. The Kier molecular flexibility index (Phi) is 4.05. The van der Waals surface area contributed by atoms with Gasteiger partial charge in [0, 0.05) is 36.4 Å². The molecule has 0 aliphatic carbocycles. The van der Waals surface area contributed by atoms with E-state index in [1.807, 2.05) is 19.9 Å². The van der Waals surface area contributed by atoms with Crippen molar-refractivity contribution in [2.45, 2.75) is 32.7 Å². The van der Waals surface area contributed by atoms with E-state index in [2.05, 4.69) is 19.6 Å². The van der Waals surface area contributed by atoms with E-state index < -0.39 is 0 Å². The molecule has 1 atom stereocenters. The summed E-state index contributed by atoms with van der Waals surface area (Å²) in [6, 6.07) is 5.37. The average molecular weight is 306 g/mol. The van der Waals surface area contributed by atoms with Crippen LogP contribution in [0.1, 0.15) is 24.2 Å². The second-order valence-corrected chi connectivity index (χ2v) is 6.26. The van der Waals surface area contributed by atoms with Crippen molar-refractivity contribution < 1.29 is 4.39 Å². The monoisotopic (exact) mass is 306 g/mol. The fraction of sp³-hybridized carbons (Fsp3) is 0.467. The van der Waals surface area contributed by atoms with Crippen LogP contribution >= 0.6 is 11.5 Å². The molecule has 1 N–H and O–H groups in total. The first kappa shape index (κ1) is 14.3. The van der Waals surface area contributed by atoms with Crippen LogP contribution in [-0.4, -0.2) is 28.5 Å². The molecule has 6 heteroatoms. The minimum atomic E-state index is -0.174. The van der Waals surface area contributed by atoms with E-state index in [0.29, 0.717) is 6.04 Å². The number of anilines is 2. The summed E-state index contributed by atoms with van der Waals surface area (Å²) in [6.45, 7) is 5.78. The van der Waals surface area contributed by atoms with Gasteiger partial charge in [0.15, 0.2) is 0 Å². The molecule has 21 heavy (non-hydrogen) atoms. The van der Waals surface area contributed by atoms with Gasteiger partial charge in [-0.3, -0.25) is 0 Å². The standard InChI is InChI=1S/C15H19FN4S/c1-10-8-12(16)5-6-14(10)20-7-3-4-13(9-20)18-15-17-11(2)19-21-15/h5-6,8,13H,3-4,7,9H2,1-2H3,(H,17,18,19). The Morgan fingerprint density at radius 1 is 1.38 bits per heavy atom. The lowest BCUT2D eigenvalue weighted by molar-refractivity contribution is 0.528. The third-order valence-corrected chi connectivity index (χ3v) is 4.51. The lowest BCUT2D eigenvalue weighted by Crippen LogP contribution is -2.42. The minimum Gasteiger partial charge on any atom is -0.369 e.